The van der Waals surface area contributed by atoms with Crippen molar-refractivity contribution in [1.29, 1.82) is 0 Å². The number of benzene rings is 2. The molecule has 9 nitrogen and oxygen atoms in total. The number of carbonyl (C=O) groups is 1. The molecule has 0 radical (unpaired) electrons. The lowest BCUT2D eigenvalue weighted by molar-refractivity contribution is -0.385. The first-order valence-electron chi connectivity index (χ1n) is 7.51. The standard InChI is InChI=1S/C16H18N4O5S/c1-11-5-3-8-15(12(11)2)19(10-16(21)18-17)26(24,25)14-7-4-6-13(9-14)20(22)23/h3-9H,10,17H2,1-2H3,(H,18,21). The van der Waals surface area contributed by atoms with Crippen LogP contribution in [0.5, 0.6) is 0 Å². The number of nitrogens with one attached hydrogen (secondary N) is 1. The number of non-ortho nitro benzene ring substituents is 1. The van der Waals surface area contributed by atoms with Gasteiger partial charge in [0.15, 0.2) is 0 Å². The minimum absolute atomic E-state index is 0.292. The van der Waals surface area contributed by atoms with Crippen molar-refractivity contribution in [3.05, 3.63) is 63.7 Å². The maximum absolute atomic E-state index is 13.1. The first-order chi connectivity index (χ1) is 12.2. The molecule has 26 heavy (non-hydrogen) atoms. The van der Waals surface area contributed by atoms with Gasteiger partial charge in [0.05, 0.1) is 15.5 Å². The van der Waals surface area contributed by atoms with Gasteiger partial charge in [-0.05, 0) is 37.1 Å². The lowest BCUT2D eigenvalue weighted by Gasteiger charge is -2.25. The number of nitrogens with zero attached hydrogens (tertiary/aromatic N) is 2. The molecular formula is C16H18N4O5S. The first kappa shape index (κ1) is 19.3. The molecule has 0 aromatic heterocycles. The predicted octanol–water partition coefficient (Wildman–Crippen LogP) is 1.40. The molecule has 10 heteroatoms. The number of nitro groups is 1. The molecule has 0 atom stereocenters. The Bertz CT molecular complexity index is 959. The summed E-state index contributed by atoms with van der Waals surface area (Å²) in [6.07, 6.45) is 0. The van der Waals surface area contributed by atoms with Crippen LogP contribution in [-0.4, -0.2) is 25.8 Å². The van der Waals surface area contributed by atoms with Crippen LogP contribution >= 0.6 is 0 Å². The number of hydrazine groups is 1. The lowest BCUT2D eigenvalue weighted by Crippen LogP contribution is -2.43. The molecular weight excluding hydrogens is 360 g/mol. The quantitative estimate of drug-likeness (QED) is 0.337. The molecule has 0 saturated heterocycles. The number of hydrogen-bond donors (Lipinski definition) is 2. The normalized spacial score (nSPS) is 11.0. The van der Waals surface area contributed by atoms with E-state index in [9.17, 15) is 23.3 Å². The van der Waals surface area contributed by atoms with Crippen LogP contribution in [0.1, 0.15) is 11.1 Å². The summed E-state index contributed by atoms with van der Waals surface area (Å²) in [6, 6.07) is 9.67. The second-order valence-corrected chi connectivity index (χ2v) is 7.42. The zero-order valence-corrected chi connectivity index (χ0v) is 15.0. The summed E-state index contributed by atoms with van der Waals surface area (Å²) in [5.41, 5.74) is 3.31. The van der Waals surface area contributed by atoms with Crippen LogP contribution in [-0.2, 0) is 14.8 Å². The SMILES string of the molecule is Cc1cccc(N(CC(=O)NN)S(=O)(=O)c2cccc([N+](=O)[O-])c2)c1C. The third-order valence-corrected chi connectivity index (χ3v) is 5.67. The Morgan fingerprint density at radius 3 is 2.50 bits per heavy atom. The molecule has 0 fully saturated rings. The molecule has 0 aliphatic carbocycles. The first-order valence-corrected chi connectivity index (χ1v) is 8.95. The zero-order chi connectivity index (χ0) is 19.5. The van der Waals surface area contributed by atoms with Gasteiger partial charge in [0, 0.05) is 12.1 Å². The van der Waals surface area contributed by atoms with Crippen LogP contribution in [0, 0.1) is 24.0 Å². The summed E-state index contributed by atoms with van der Waals surface area (Å²) in [6.45, 7) is 2.97. The molecule has 138 valence electrons. The van der Waals surface area contributed by atoms with Crippen molar-refractivity contribution in [2.75, 3.05) is 10.8 Å². The number of hydrogen-bond acceptors (Lipinski definition) is 6. The average Bonchev–Trinajstić information content (AvgIpc) is 2.62. The van der Waals surface area contributed by atoms with Crippen molar-refractivity contribution in [3.63, 3.8) is 0 Å². The van der Waals surface area contributed by atoms with Crippen LogP contribution in [0.2, 0.25) is 0 Å². The Morgan fingerprint density at radius 2 is 1.88 bits per heavy atom. The van der Waals surface area contributed by atoms with E-state index in [1.54, 1.807) is 32.0 Å². The van der Waals surface area contributed by atoms with E-state index in [1.807, 2.05) is 5.43 Å². The van der Waals surface area contributed by atoms with Crippen LogP contribution in [0.15, 0.2) is 47.4 Å². The van der Waals surface area contributed by atoms with E-state index in [0.29, 0.717) is 11.3 Å². The van der Waals surface area contributed by atoms with Crippen LogP contribution in [0.25, 0.3) is 0 Å². The summed E-state index contributed by atoms with van der Waals surface area (Å²) in [5.74, 6) is 4.38. The minimum Gasteiger partial charge on any atom is -0.293 e. The molecule has 0 heterocycles. The fourth-order valence-corrected chi connectivity index (χ4v) is 3.88. The molecule has 1 amide bonds. The van der Waals surface area contributed by atoms with Crippen molar-refractivity contribution >= 4 is 27.3 Å². The lowest BCUT2D eigenvalue weighted by atomic mass is 10.1. The number of aryl methyl sites for hydroxylation is 1. The molecule has 2 aromatic rings. The van der Waals surface area contributed by atoms with E-state index in [1.165, 1.54) is 18.2 Å². The van der Waals surface area contributed by atoms with Crippen LogP contribution in [0.4, 0.5) is 11.4 Å². The van der Waals surface area contributed by atoms with Gasteiger partial charge < -0.3 is 0 Å². The highest BCUT2D eigenvalue weighted by Crippen LogP contribution is 2.29. The molecule has 3 N–H and O–H groups in total. The molecule has 0 aliphatic rings. The topological polar surface area (TPSA) is 136 Å². The minimum atomic E-state index is -4.24. The van der Waals surface area contributed by atoms with Crippen molar-refractivity contribution in [3.8, 4) is 0 Å². The number of nitrogens with two attached hydrogens (primary N) is 1. The average molecular weight is 378 g/mol. The van der Waals surface area contributed by atoms with Gasteiger partial charge in [-0.2, -0.15) is 0 Å². The van der Waals surface area contributed by atoms with E-state index < -0.39 is 27.4 Å². The highest BCUT2D eigenvalue weighted by atomic mass is 32.2. The Kier molecular flexibility index (Phi) is 5.58. The fourth-order valence-electron chi connectivity index (χ4n) is 2.37. The number of amides is 1. The van der Waals surface area contributed by atoms with E-state index in [2.05, 4.69) is 0 Å². The number of anilines is 1. The van der Waals surface area contributed by atoms with Gasteiger partial charge in [-0.3, -0.25) is 24.6 Å². The summed E-state index contributed by atoms with van der Waals surface area (Å²) in [7, 11) is -4.24. The summed E-state index contributed by atoms with van der Waals surface area (Å²) >= 11 is 0. The maximum atomic E-state index is 13.1. The molecule has 2 rings (SSSR count). The predicted molar refractivity (Wildman–Crippen MR) is 95.9 cm³/mol. The van der Waals surface area contributed by atoms with E-state index in [0.717, 1.165) is 15.9 Å². The van der Waals surface area contributed by atoms with Crippen LogP contribution < -0.4 is 15.6 Å². The van der Waals surface area contributed by atoms with Gasteiger partial charge in [-0.15, -0.1) is 0 Å². The molecule has 0 saturated carbocycles. The second-order valence-electron chi connectivity index (χ2n) is 5.55. The van der Waals surface area contributed by atoms with E-state index in [-0.39, 0.29) is 10.6 Å². The van der Waals surface area contributed by atoms with Gasteiger partial charge in [0.25, 0.3) is 21.6 Å². The van der Waals surface area contributed by atoms with Crippen molar-refractivity contribution < 1.29 is 18.1 Å². The number of sulfonamides is 1. The molecule has 0 bridgehead atoms. The summed E-state index contributed by atoms with van der Waals surface area (Å²) in [4.78, 5) is 21.8. The monoisotopic (exact) mass is 378 g/mol. The Labute approximate surface area is 150 Å². The Balaban J connectivity index is 2.64. The molecule has 0 unspecified atom stereocenters. The smallest absolute Gasteiger partial charge is 0.270 e. The second kappa shape index (κ2) is 7.50. The number of nitro benzene ring substituents is 1. The summed E-state index contributed by atoms with van der Waals surface area (Å²) < 4.78 is 27.1. The van der Waals surface area contributed by atoms with Gasteiger partial charge in [-0.25, -0.2) is 14.3 Å². The van der Waals surface area contributed by atoms with Gasteiger partial charge in [0.2, 0.25) is 0 Å². The van der Waals surface area contributed by atoms with Crippen LogP contribution in [0.3, 0.4) is 0 Å². The van der Waals surface area contributed by atoms with Crippen molar-refractivity contribution in [2.45, 2.75) is 18.7 Å². The highest BCUT2D eigenvalue weighted by molar-refractivity contribution is 7.92. The fraction of sp³-hybridized carbons (Fsp3) is 0.188. The van der Waals surface area contributed by atoms with E-state index in [4.69, 9.17) is 5.84 Å². The van der Waals surface area contributed by atoms with Crippen molar-refractivity contribution in [2.24, 2.45) is 5.84 Å². The largest absolute Gasteiger partial charge is 0.293 e. The number of carbonyl (C=O) groups excluding carboxylic acids is 1. The van der Waals surface area contributed by atoms with Gasteiger partial charge in [-0.1, -0.05) is 18.2 Å². The summed E-state index contributed by atoms with van der Waals surface area (Å²) in [5, 5.41) is 11.0. The third kappa shape index (κ3) is 3.81. The Morgan fingerprint density at radius 1 is 1.23 bits per heavy atom. The maximum Gasteiger partial charge on any atom is 0.270 e. The molecule has 0 spiro atoms. The molecule has 2 aromatic carbocycles. The number of rotatable bonds is 6. The van der Waals surface area contributed by atoms with Crippen molar-refractivity contribution in [1.82, 2.24) is 5.43 Å². The highest BCUT2D eigenvalue weighted by Gasteiger charge is 2.29. The Hall–Kier alpha value is -2.98. The van der Waals surface area contributed by atoms with Gasteiger partial charge >= 0.3 is 0 Å². The third-order valence-electron chi connectivity index (χ3n) is 3.91. The van der Waals surface area contributed by atoms with Gasteiger partial charge in [0.1, 0.15) is 6.54 Å². The molecule has 0 aliphatic heterocycles. The van der Waals surface area contributed by atoms with E-state index >= 15 is 0 Å². The zero-order valence-electron chi connectivity index (χ0n) is 14.2.